The van der Waals surface area contributed by atoms with Crippen molar-refractivity contribution in [2.75, 3.05) is 13.7 Å². The Kier molecular flexibility index (Phi) is 8.54. The molecule has 0 saturated carbocycles. The second kappa shape index (κ2) is 9.63. The van der Waals surface area contributed by atoms with Crippen molar-refractivity contribution in [3.05, 3.63) is 0 Å². The van der Waals surface area contributed by atoms with Crippen LogP contribution in [0.2, 0.25) is 0 Å². The summed E-state index contributed by atoms with van der Waals surface area (Å²) in [6.45, 7) is 1.05. The first-order valence-corrected chi connectivity index (χ1v) is 5.86. The summed E-state index contributed by atoms with van der Waals surface area (Å²) in [6, 6.07) is 0.575. The third-order valence-corrected chi connectivity index (χ3v) is 2.44. The number of hydrogen-bond donors (Lipinski definition) is 2. The van der Waals surface area contributed by atoms with Crippen LogP contribution >= 0.6 is 0 Å². The number of rotatable bonds is 9. The maximum absolute atomic E-state index is 11.7. The van der Waals surface area contributed by atoms with Crippen molar-refractivity contribution in [1.82, 2.24) is 5.32 Å². The molecule has 1 amide bonds. The van der Waals surface area contributed by atoms with Gasteiger partial charge in [-0.3, -0.25) is 9.59 Å². The van der Waals surface area contributed by atoms with Gasteiger partial charge < -0.3 is 20.2 Å². The van der Waals surface area contributed by atoms with Crippen LogP contribution in [0.25, 0.3) is 0 Å². The molecule has 0 rings (SSSR count). The number of nitrogens with one attached hydrogen (secondary N) is 2. The highest BCUT2D eigenvalue weighted by Crippen LogP contribution is 2.02. The Hall–Kier alpha value is -2.27. The number of amides is 1. The molecule has 0 fully saturated rings. The number of esters is 1. The van der Waals surface area contributed by atoms with Crippen molar-refractivity contribution < 1.29 is 23.9 Å². The minimum atomic E-state index is -1.06. The number of Topliss-reactive ketones (excluding diaryl/α,β-unsaturated/α-hetero) is 1. The number of carbonyl (C=O) groups is 3. The summed E-state index contributed by atoms with van der Waals surface area (Å²) < 4.78 is 9.41. The molecular formula is C12H17N3O5. The number of methoxy groups -OCH3 is 1. The van der Waals surface area contributed by atoms with E-state index < -0.39 is 36.4 Å². The molecule has 0 aromatic rings. The third-order valence-electron chi connectivity index (χ3n) is 2.44. The van der Waals surface area contributed by atoms with Gasteiger partial charge in [0, 0.05) is 13.5 Å². The topological polar surface area (TPSA) is 129 Å². The average molecular weight is 283 g/mol. The molecule has 0 heterocycles. The van der Waals surface area contributed by atoms with Crippen LogP contribution < -0.4 is 5.32 Å². The zero-order valence-electron chi connectivity index (χ0n) is 11.3. The van der Waals surface area contributed by atoms with Crippen LogP contribution in [0.4, 0.5) is 0 Å². The second-order valence-corrected chi connectivity index (χ2v) is 3.85. The molecule has 20 heavy (non-hydrogen) atoms. The van der Waals surface area contributed by atoms with E-state index in [0.717, 1.165) is 0 Å². The first-order chi connectivity index (χ1) is 9.46. The SMILES string of the molecule is CO[C@H](C)C(=O)N[C@@H](CCC(=O)C=N)C(=O)OCC#N. The molecule has 8 nitrogen and oxygen atoms in total. The standard InChI is InChI=1S/C12H17N3O5/c1-8(19-2)11(17)15-10(4-3-9(16)7-14)12(18)20-6-5-13/h7-8,10,14H,3-4,6H2,1-2H3,(H,15,17)/t8-,10+/m1/s1. The predicted molar refractivity (Wildman–Crippen MR) is 68.0 cm³/mol. The number of ether oxygens (including phenoxy) is 2. The van der Waals surface area contributed by atoms with E-state index in [4.69, 9.17) is 15.4 Å². The van der Waals surface area contributed by atoms with E-state index >= 15 is 0 Å². The lowest BCUT2D eigenvalue weighted by molar-refractivity contribution is -0.148. The minimum absolute atomic E-state index is 0.0132. The molecule has 0 unspecified atom stereocenters. The van der Waals surface area contributed by atoms with Gasteiger partial charge in [0.2, 0.25) is 5.91 Å². The lowest BCUT2D eigenvalue weighted by atomic mass is 10.1. The molecule has 0 spiro atoms. The van der Waals surface area contributed by atoms with Gasteiger partial charge in [0.15, 0.2) is 12.4 Å². The van der Waals surface area contributed by atoms with E-state index in [2.05, 4.69) is 10.1 Å². The Bertz CT molecular complexity index is 416. The number of carbonyl (C=O) groups excluding carboxylic acids is 3. The van der Waals surface area contributed by atoms with E-state index in [0.29, 0.717) is 6.21 Å². The molecule has 0 aromatic heterocycles. The number of nitrogens with zero attached hydrogens (tertiary/aromatic N) is 1. The monoisotopic (exact) mass is 283 g/mol. The minimum Gasteiger partial charge on any atom is -0.449 e. The summed E-state index contributed by atoms with van der Waals surface area (Å²) in [5, 5.41) is 17.5. The Morgan fingerprint density at radius 2 is 2.10 bits per heavy atom. The molecule has 0 saturated heterocycles. The van der Waals surface area contributed by atoms with Crippen molar-refractivity contribution in [2.45, 2.75) is 31.9 Å². The Labute approximate surface area is 116 Å². The van der Waals surface area contributed by atoms with Gasteiger partial charge in [0.1, 0.15) is 18.2 Å². The lowest BCUT2D eigenvalue weighted by Gasteiger charge is -2.18. The van der Waals surface area contributed by atoms with Crippen molar-refractivity contribution in [2.24, 2.45) is 0 Å². The van der Waals surface area contributed by atoms with Gasteiger partial charge in [-0.1, -0.05) is 0 Å². The van der Waals surface area contributed by atoms with Gasteiger partial charge in [-0.05, 0) is 13.3 Å². The number of ketones is 1. The fourth-order valence-electron chi connectivity index (χ4n) is 1.21. The van der Waals surface area contributed by atoms with E-state index in [9.17, 15) is 14.4 Å². The third kappa shape index (κ3) is 6.61. The van der Waals surface area contributed by atoms with E-state index in [1.165, 1.54) is 14.0 Å². The Morgan fingerprint density at radius 1 is 1.45 bits per heavy atom. The predicted octanol–water partition coefficient (Wildman–Crippen LogP) is -0.428. The van der Waals surface area contributed by atoms with Gasteiger partial charge in [0.05, 0.1) is 6.21 Å². The van der Waals surface area contributed by atoms with Gasteiger partial charge in [-0.25, -0.2) is 4.79 Å². The number of nitriles is 1. The van der Waals surface area contributed by atoms with E-state index in [1.54, 1.807) is 6.07 Å². The maximum Gasteiger partial charge on any atom is 0.329 e. The molecule has 110 valence electrons. The smallest absolute Gasteiger partial charge is 0.329 e. The largest absolute Gasteiger partial charge is 0.449 e. The van der Waals surface area contributed by atoms with Crippen LogP contribution in [0, 0.1) is 16.7 Å². The van der Waals surface area contributed by atoms with Gasteiger partial charge in [-0.2, -0.15) is 5.26 Å². The molecule has 2 atom stereocenters. The number of hydrogen-bond acceptors (Lipinski definition) is 7. The zero-order valence-corrected chi connectivity index (χ0v) is 11.3. The molecule has 0 bridgehead atoms. The van der Waals surface area contributed by atoms with Gasteiger partial charge >= 0.3 is 5.97 Å². The van der Waals surface area contributed by atoms with Crippen LogP contribution in [0.5, 0.6) is 0 Å². The second-order valence-electron chi connectivity index (χ2n) is 3.85. The summed E-state index contributed by atoms with van der Waals surface area (Å²) in [5.74, 6) is -1.81. The summed E-state index contributed by atoms with van der Waals surface area (Å²) in [5.41, 5.74) is 0. The maximum atomic E-state index is 11.7. The van der Waals surface area contributed by atoms with Crippen molar-refractivity contribution in [3.8, 4) is 6.07 Å². The van der Waals surface area contributed by atoms with E-state index in [-0.39, 0.29) is 12.8 Å². The molecule has 0 aromatic carbocycles. The van der Waals surface area contributed by atoms with Crippen molar-refractivity contribution in [1.29, 1.82) is 10.7 Å². The molecule has 8 heteroatoms. The summed E-state index contributed by atoms with van der Waals surface area (Å²) >= 11 is 0. The Balaban J connectivity index is 4.65. The van der Waals surface area contributed by atoms with Crippen LogP contribution in [0.3, 0.4) is 0 Å². The Morgan fingerprint density at radius 3 is 2.60 bits per heavy atom. The summed E-state index contributed by atoms with van der Waals surface area (Å²) in [7, 11) is 1.34. The highest BCUT2D eigenvalue weighted by atomic mass is 16.5. The van der Waals surface area contributed by atoms with Crippen molar-refractivity contribution in [3.63, 3.8) is 0 Å². The average Bonchev–Trinajstić information content (AvgIpc) is 2.47. The fourth-order valence-corrected chi connectivity index (χ4v) is 1.21. The zero-order chi connectivity index (χ0) is 15.5. The first kappa shape index (κ1) is 17.7. The van der Waals surface area contributed by atoms with Crippen LogP contribution in [-0.4, -0.2) is 49.7 Å². The molecule has 0 aliphatic heterocycles. The van der Waals surface area contributed by atoms with Gasteiger partial charge in [-0.15, -0.1) is 0 Å². The van der Waals surface area contributed by atoms with Crippen LogP contribution in [-0.2, 0) is 23.9 Å². The lowest BCUT2D eigenvalue weighted by Crippen LogP contribution is -2.46. The quantitative estimate of drug-likeness (QED) is 0.436. The van der Waals surface area contributed by atoms with E-state index in [1.807, 2.05) is 0 Å². The fraction of sp³-hybridized carbons (Fsp3) is 0.583. The normalized spacial score (nSPS) is 12.7. The summed E-state index contributed by atoms with van der Waals surface area (Å²) in [4.78, 5) is 34.3. The highest BCUT2D eigenvalue weighted by Gasteiger charge is 2.25. The first-order valence-electron chi connectivity index (χ1n) is 5.86. The van der Waals surface area contributed by atoms with Crippen LogP contribution in [0.15, 0.2) is 0 Å². The molecule has 0 aliphatic carbocycles. The van der Waals surface area contributed by atoms with Crippen molar-refractivity contribution >= 4 is 23.9 Å². The van der Waals surface area contributed by atoms with Gasteiger partial charge in [0.25, 0.3) is 0 Å². The highest BCUT2D eigenvalue weighted by molar-refractivity contribution is 6.26. The van der Waals surface area contributed by atoms with Crippen LogP contribution in [0.1, 0.15) is 19.8 Å². The molecule has 2 N–H and O–H groups in total. The summed E-state index contributed by atoms with van der Waals surface area (Å²) in [6.07, 6.45) is -0.227. The molecule has 0 aliphatic rings. The molecule has 0 radical (unpaired) electrons. The molecular weight excluding hydrogens is 266 g/mol.